The van der Waals surface area contributed by atoms with E-state index in [1.165, 1.54) is 5.56 Å². The molecule has 0 saturated heterocycles. The molecule has 6 heteroatoms. The average molecular weight is 465 g/mol. The molecule has 1 N–H and O–H groups in total. The van der Waals surface area contributed by atoms with Crippen molar-refractivity contribution in [2.24, 2.45) is 0 Å². The van der Waals surface area contributed by atoms with E-state index in [1.54, 1.807) is 10.4 Å². The van der Waals surface area contributed by atoms with Crippen molar-refractivity contribution in [3.8, 4) is 0 Å². The number of sulfonamides is 1. The lowest BCUT2D eigenvalue weighted by Gasteiger charge is -2.35. The second-order valence-corrected chi connectivity index (χ2v) is 10.9. The minimum atomic E-state index is -3.74. The molecule has 0 amide bonds. The molecular formula is C26H25ClN2O2S. The molecule has 0 unspecified atom stereocenters. The Morgan fingerprint density at radius 2 is 1.62 bits per heavy atom. The van der Waals surface area contributed by atoms with E-state index >= 15 is 0 Å². The van der Waals surface area contributed by atoms with Crippen molar-refractivity contribution in [3.05, 3.63) is 99.2 Å². The number of H-pyrrole nitrogens is 1. The molecule has 3 aromatic carbocycles. The standard InChI is InChI=1S/C26H25ClN2O2S/c1-16-14-18(3)24(15-17(16)2)32(30,31)29-13-12-22-21-6-4-5-7-23(21)28-25(22)26(29)19-8-10-20(27)11-9-19/h4-11,14-15,26,28H,12-13H2,1-3H3/t26-/m0/s1. The van der Waals surface area contributed by atoms with Crippen LogP contribution in [0.4, 0.5) is 0 Å². The van der Waals surface area contributed by atoms with E-state index in [-0.39, 0.29) is 0 Å². The number of rotatable bonds is 3. The predicted molar refractivity (Wildman–Crippen MR) is 130 cm³/mol. The monoisotopic (exact) mass is 464 g/mol. The first kappa shape index (κ1) is 21.3. The Kier molecular flexibility index (Phi) is 5.16. The van der Waals surface area contributed by atoms with Crippen molar-refractivity contribution in [1.82, 2.24) is 9.29 Å². The number of hydrogen-bond donors (Lipinski definition) is 1. The molecule has 1 atom stereocenters. The number of aromatic amines is 1. The first-order valence-electron chi connectivity index (χ1n) is 10.7. The van der Waals surface area contributed by atoms with Crippen molar-refractivity contribution < 1.29 is 8.42 Å². The Labute approximate surface area is 193 Å². The van der Waals surface area contributed by atoms with Gasteiger partial charge in [-0.1, -0.05) is 48.0 Å². The largest absolute Gasteiger partial charge is 0.357 e. The number of benzene rings is 3. The topological polar surface area (TPSA) is 53.2 Å². The number of halogens is 1. The quantitative estimate of drug-likeness (QED) is 0.399. The molecule has 164 valence electrons. The predicted octanol–water partition coefficient (Wildman–Crippen LogP) is 6.08. The van der Waals surface area contributed by atoms with Gasteiger partial charge in [0.25, 0.3) is 0 Å². The van der Waals surface area contributed by atoms with Crippen molar-refractivity contribution >= 4 is 32.5 Å². The van der Waals surface area contributed by atoms with Crippen molar-refractivity contribution in [2.45, 2.75) is 38.1 Å². The minimum absolute atomic E-state index is 0.374. The van der Waals surface area contributed by atoms with E-state index in [0.717, 1.165) is 38.9 Å². The fourth-order valence-corrected chi connectivity index (χ4v) is 6.80. The normalized spacial score (nSPS) is 16.9. The lowest BCUT2D eigenvalue weighted by Crippen LogP contribution is -2.40. The first-order chi connectivity index (χ1) is 15.3. The molecule has 0 aliphatic carbocycles. The smallest absolute Gasteiger partial charge is 0.244 e. The second kappa shape index (κ2) is 7.77. The van der Waals surface area contributed by atoms with Gasteiger partial charge in [0.15, 0.2) is 0 Å². The van der Waals surface area contributed by atoms with Crippen LogP contribution in [0, 0.1) is 20.8 Å². The number of hydrogen-bond acceptors (Lipinski definition) is 2. The molecule has 1 aromatic heterocycles. The summed E-state index contributed by atoms with van der Waals surface area (Å²) in [5, 5.41) is 1.78. The average Bonchev–Trinajstić information content (AvgIpc) is 3.15. The number of para-hydroxylation sites is 1. The second-order valence-electron chi connectivity index (χ2n) is 8.58. The molecule has 5 rings (SSSR count). The van der Waals surface area contributed by atoms with Crippen molar-refractivity contribution in [1.29, 1.82) is 0 Å². The summed E-state index contributed by atoms with van der Waals surface area (Å²) in [6.45, 7) is 6.25. The number of aromatic nitrogens is 1. The first-order valence-corrected chi connectivity index (χ1v) is 12.5. The van der Waals surface area contributed by atoms with Gasteiger partial charge in [-0.3, -0.25) is 0 Å². The van der Waals surface area contributed by atoms with Crippen LogP contribution >= 0.6 is 11.6 Å². The lowest BCUT2D eigenvalue weighted by molar-refractivity contribution is 0.340. The van der Waals surface area contributed by atoms with Gasteiger partial charge in [-0.2, -0.15) is 4.31 Å². The Balaban J connectivity index is 1.72. The lowest BCUT2D eigenvalue weighted by atomic mass is 9.94. The summed E-state index contributed by atoms with van der Waals surface area (Å²) in [6, 6.07) is 18.9. The summed E-state index contributed by atoms with van der Waals surface area (Å²) in [6.07, 6.45) is 0.659. The van der Waals surface area contributed by atoms with Crippen LogP contribution in [0.2, 0.25) is 5.02 Å². The molecule has 0 saturated carbocycles. The Morgan fingerprint density at radius 1 is 0.938 bits per heavy atom. The zero-order valence-electron chi connectivity index (χ0n) is 18.3. The van der Waals surface area contributed by atoms with Gasteiger partial charge in [0.2, 0.25) is 10.0 Å². The van der Waals surface area contributed by atoms with Crippen molar-refractivity contribution in [2.75, 3.05) is 6.54 Å². The summed E-state index contributed by atoms with van der Waals surface area (Å²) in [5.74, 6) is 0. The molecule has 1 aliphatic rings. The summed E-state index contributed by atoms with van der Waals surface area (Å²) in [4.78, 5) is 3.90. The molecule has 32 heavy (non-hydrogen) atoms. The van der Waals surface area contributed by atoms with Crippen LogP contribution in [0.1, 0.15) is 39.6 Å². The minimum Gasteiger partial charge on any atom is -0.357 e. The van der Waals surface area contributed by atoms with Gasteiger partial charge in [0.1, 0.15) is 0 Å². The molecule has 0 spiro atoms. The van der Waals surface area contributed by atoms with E-state index < -0.39 is 16.1 Å². The molecule has 0 fully saturated rings. The molecule has 4 aromatic rings. The fraction of sp³-hybridized carbons (Fsp3) is 0.231. The fourth-order valence-electron chi connectivity index (χ4n) is 4.79. The molecule has 2 heterocycles. The van der Waals surface area contributed by atoms with Gasteiger partial charge in [0.05, 0.1) is 10.9 Å². The van der Waals surface area contributed by atoms with E-state index in [9.17, 15) is 8.42 Å². The van der Waals surface area contributed by atoms with Gasteiger partial charge >= 0.3 is 0 Å². The van der Waals surface area contributed by atoms with Crippen LogP contribution in [-0.2, 0) is 16.4 Å². The van der Waals surface area contributed by atoms with Crippen LogP contribution in [0.15, 0.2) is 65.6 Å². The zero-order chi connectivity index (χ0) is 22.6. The number of fused-ring (bicyclic) bond motifs is 3. The summed E-state index contributed by atoms with van der Waals surface area (Å²) in [5.41, 5.74) is 6.87. The number of aryl methyl sites for hydroxylation is 3. The van der Waals surface area contributed by atoms with Gasteiger partial charge in [-0.05, 0) is 79.3 Å². The van der Waals surface area contributed by atoms with Gasteiger partial charge in [-0.15, -0.1) is 0 Å². The molecule has 0 bridgehead atoms. The van der Waals surface area contributed by atoms with Crippen LogP contribution in [0.3, 0.4) is 0 Å². The highest BCUT2D eigenvalue weighted by Crippen LogP contribution is 2.41. The highest BCUT2D eigenvalue weighted by molar-refractivity contribution is 7.89. The van der Waals surface area contributed by atoms with Gasteiger partial charge < -0.3 is 4.98 Å². The maximum atomic E-state index is 14.0. The zero-order valence-corrected chi connectivity index (χ0v) is 19.9. The SMILES string of the molecule is Cc1cc(C)c(S(=O)(=O)N2CCc3c([nH]c4ccccc34)[C@@H]2c2ccc(Cl)cc2)cc1C. The number of nitrogens with zero attached hydrogens (tertiary/aromatic N) is 1. The third-order valence-corrected chi connectivity index (χ3v) is 8.81. The highest BCUT2D eigenvalue weighted by atomic mass is 35.5. The maximum absolute atomic E-state index is 14.0. The van der Waals surface area contributed by atoms with Gasteiger partial charge in [-0.25, -0.2) is 8.42 Å². The van der Waals surface area contributed by atoms with Crippen LogP contribution in [0.25, 0.3) is 10.9 Å². The Morgan fingerprint density at radius 3 is 2.38 bits per heavy atom. The molecular weight excluding hydrogens is 440 g/mol. The Bertz CT molecular complexity index is 1440. The molecule has 1 aliphatic heterocycles. The highest BCUT2D eigenvalue weighted by Gasteiger charge is 2.39. The molecule has 0 radical (unpaired) electrons. The summed E-state index contributed by atoms with van der Waals surface area (Å²) in [7, 11) is -3.74. The van der Waals surface area contributed by atoms with Crippen LogP contribution < -0.4 is 0 Å². The number of nitrogens with one attached hydrogen (secondary N) is 1. The molecule has 4 nitrogen and oxygen atoms in total. The van der Waals surface area contributed by atoms with Crippen molar-refractivity contribution in [3.63, 3.8) is 0 Å². The van der Waals surface area contributed by atoms with Crippen LogP contribution in [-0.4, -0.2) is 24.3 Å². The third-order valence-electron chi connectivity index (χ3n) is 6.55. The maximum Gasteiger partial charge on any atom is 0.244 e. The summed E-state index contributed by atoms with van der Waals surface area (Å²) < 4.78 is 29.7. The van der Waals surface area contributed by atoms with Gasteiger partial charge in [0, 0.05) is 28.2 Å². The van der Waals surface area contributed by atoms with Crippen LogP contribution in [0.5, 0.6) is 0 Å². The third kappa shape index (κ3) is 3.36. The summed E-state index contributed by atoms with van der Waals surface area (Å²) >= 11 is 6.15. The van der Waals surface area contributed by atoms with E-state index in [2.05, 4.69) is 11.1 Å². The van der Waals surface area contributed by atoms with E-state index in [4.69, 9.17) is 11.6 Å². The van der Waals surface area contributed by atoms with E-state index in [0.29, 0.717) is 22.9 Å². The van der Waals surface area contributed by atoms with E-state index in [1.807, 2.05) is 69.3 Å². The Hall–Kier alpha value is -2.60.